The summed E-state index contributed by atoms with van der Waals surface area (Å²) in [5, 5.41) is 6.92. The Labute approximate surface area is 166 Å². The summed E-state index contributed by atoms with van der Waals surface area (Å²) >= 11 is 0. The molecule has 0 saturated carbocycles. The van der Waals surface area contributed by atoms with E-state index in [4.69, 9.17) is 8.94 Å². The first kappa shape index (κ1) is 18.5. The largest absolute Gasteiger partial charge is 0.467 e. The summed E-state index contributed by atoms with van der Waals surface area (Å²) in [4.78, 5) is 14.4. The van der Waals surface area contributed by atoms with E-state index < -0.39 is 0 Å². The zero-order chi connectivity index (χ0) is 20.1. The highest BCUT2D eigenvalue weighted by Gasteiger charge is 2.18. The molecule has 0 spiro atoms. The second kappa shape index (κ2) is 8.43. The van der Waals surface area contributed by atoms with E-state index >= 15 is 0 Å². The van der Waals surface area contributed by atoms with Gasteiger partial charge < -0.3 is 19.2 Å². The van der Waals surface area contributed by atoms with E-state index in [0.717, 1.165) is 0 Å². The fourth-order valence-electron chi connectivity index (χ4n) is 2.85. The third kappa shape index (κ3) is 4.70. The number of rotatable bonds is 6. The molecule has 6 nitrogen and oxygen atoms in total. The molecule has 0 saturated heterocycles. The minimum atomic E-state index is -0.323. The Hall–Kier alpha value is -3.87. The number of furan rings is 1. The van der Waals surface area contributed by atoms with Crippen molar-refractivity contribution in [1.29, 1.82) is 0 Å². The third-order valence-electron chi connectivity index (χ3n) is 4.28. The van der Waals surface area contributed by atoms with Crippen LogP contribution < -0.4 is 5.32 Å². The minimum absolute atomic E-state index is 0.212. The lowest BCUT2D eigenvalue weighted by molar-refractivity contribution is 0.199. The van der Waals surface area contributed by atoms with Crippen molar-refractivity contribution in [2.45, 2.75) is 13.1 Å². The number of aromatic nitrogens is 1. The van der Waals surface area contributed by atoms with Gasteiger partial charge in [-0.3, -0.25) is 0 Å². The molecular weight excluding hydrogens is 373 g/mol. The molecule has 146 valence electrons. The molecule has 2 aromatic carbocycles. The maximum absolute atomic E-state index is 13.1. The van der Waals surface area contributed by atoms with Crippen LogP contribution in [0.3, 0.4) is 0 Å². The predicted molar refractivity (Wildman–Crippen MR) is 105 cm³/mol. The quantitative estimate of drug-likeness (QED) is 0.484. The maximum atomic E-state index is 13.1. The van der Waals surface area contributed by atoms with Crippen LogP contribution in [0, 0.1) is 5.82 Å². The number of amides is 2. The molecule has 0 aliphatic heterocycles. The first-order chi connectivity index (χ1) is 14.2. The molecule has 29 heavy (non-hydrogen) atoms. The highest BCUT2D eigenvalue weighted by atomic mass is 19.1. The molecule has 4 aromatic rings. The van der Waals surface area contributed by atoms with Gasteiger partial charge in [0.2, 0.25) is 0 Å². The van der Waals surface area contributed by atoms with Gasteiger partial charge in [-0.15, -0.1) is 0 Å². The molecule has 0 fully saturated rings. The number of nitrogens with one attached hydrogen (secondary N) is 1. The molecule has 0 aliphatic carbocycles. The van der Waals surface area contributed by atoms with Gasteiger partial charge in [-0.25, -0.2) is 9.18 Å². The number of carbonyl (C=O) groups is 1. The van der Waals surface area contributed by atoms with Crippen molar-refractivity contribution in [3.05, 3.63) is 96.3 Å². The molecule has 0 unspecified atom stereocenters. The van der Waals surface area contributed by atoms with E-state index in [-0.39, 0.29) is 24.9 Å². The van der Waals surface area contributed by atoms with Gasteiger partial charge in [0.1, 0.15) is 17.3 Å². The normalized spacial score (nSPS) is 10.7. The van der Waals surface area contributed by atoms with Crippen molar-refractivity contribution in [3.63, 3.8) is 0 Å². The Kier molecular flexibility index (Phi) is 5.38. The van der Waals surface area contributed by atoms with Crippen LogP contribution in [0.4, 0.5) is 14.9 Å². The average molecular weight is 391 g/mol. The predicted octanol–water partition coefficient (Wildman–Crippen LogP) is 5.31. The van der Waals surface area contributed by atoms with Crippen LogP contribution in [0.25, 0.3) is 11.3 Å². The van der Waals surface area contributed by atoms with Gasteiger partial charge in [-0.05, 0) is 48.5 Å². The van der Waals surface area contributed by atoms with Gasteiger partial charge in [0.15, 0.2) is 5.76 Å². The van der Waals surface area contributed by atoms with Crippen molar-refractivity contribution >= 4 is 11.7 Å². The van der Waals surface area contributed by atoms with Crippen molar-refractivity contribution in [2.24, 2.45) is 0 Å². The molecule has 0 bridgehead atoms. The van der Waals surface area contributed by atoms with Crippen LogP contribution >= 0.6 is 0 Å². The number of halogens is 1. The third-order valence-corrected chi connectivity index (χ3v) is 4.28. The van der Waals surface area contributed by atoms with E-state index in [0.29, 0.717) is 28.5 Å². The SMILES string of the molecule is O=C(Nc1ccccc1)N(Cc1cc(-c2ccc(F)cc2)on1)Cc1ccco1. The molecule has 0 aliphatic rings. The summed E-state index contributed by atoms with van der Waals surface area (Å²) in [5.41, 5.74) is 1.96. The van der Waals surface area contributed by atoms with E-state index in [1.807, 2.05) is 30.3 Å². The van der Waals surface area contributed by atoms with Crippen molar-refractivity contribution in [1.82, 2.24) is 10.1 Å². The van der Waals surface area contributed by atoms with Gasteiger partial charge in [0, 0.05) is 17.3 Å². The highest BCUT2D eigenvalue weighted by molar-refractivity contribution is 5.89. The number of urea groups is 1. The lowest BCUT2D eigenvalue weighted by Gasteiger charge is -2.21. The van der Waals surface area contributed by atoms with Gasteiger partial charge >= 0.3 is 6.03 Å². The van der Waals surface area contributed by atoms with E-state index in [1.165, 1.54) is 12.1 Å². The van der Waals surface area contributed by atoms with Crippen molar-refractivity contribution in [3.8, 4) is 11.3 Å². The first-order valence-electron chi connectivity index (χ1n) is 9.02. The van der Waals surface area contributed by atoms with Crippen LogP contribution in [-0.4, -0.2) is 16.1 Å². The monoisotopic (exact) mass is 391 g/mol. The first-order valence-corrected chi connectivity index (χ1v) is 9.02. The second-order valence-electron chi connectivity index (χ2n) is 6.42. The van der Waals surface area contributed by atoms with Gasteiger partial charge in [0.05, 0.1) is 19.4 Å². The summed E-state index contributed by atoms with van der Waals surface area (Å²) in [6.07, 6.45) is 1.56. The molecule has 1 N–H and O–H groups in total. The standard InChI is InChI=1S/C22H18FN3O3/c23-17-10-8-16(9-11-17)21-13-19(25-29-21)14-26(15-20-7-4-12-28-20)22(27)24-18-5-2-1-3-6-18/h1-13H,14-15H2,(H,24,27). The van der Waals surface area contributed by atoms with E-state index in [1.54, 1.807) is 41.5 Å². The number of benzene rings is 2. The maximum Gasteiger partial charge on any atom is 0.322 e. The molecule has 4 rings (SSSR count). The molecule has 2 heterocycles. The zero-order valence-corrected chi connectivity index (χ0v) is 15.4. The van der Waals surface area contributed by atoms with Crippen LogP contribution in [-0.2, 0) is 13.1 Å². The topological polar surface area (TPSA) is 71.5 Å². The Balaban J connectivity index is 1.52. The molecule has 2 aromatic heterocycles. The molecule has 0 atom stereocenters. The fourth-order valence-corrected chi connectivity index (χ4v) is 2.85. The number of hydrogen-bond acceptors (Lipinski definition) is 4. The van der Waals surface area contributed by atoms with Crippen molar-refractivity contribution in [2.75, 3.05) is 5.32 Å². The molecule has 0 radical (unpaired) electrons. The van der Waals surface area contributed by atoms with Crippen LogP contribution in [0.2, 0.25) is 0 Å². The van der Waals surface area contributed by atoms with Gasteiger partial charge in [-0.1, -0.05) is 23.4 Å². The van der Waals surface area contributed by atoms with Gasteiger partial charge in [0.25, 0.3) is 0 Å². The Morgan fingerprint density at radius 1 is 1.00 bits per heavy atom. The number of hydrogen-bond donors (Lipinski definition) is 1. The van der Waals surface area contributed by atoms with E-state index in [9.17, 15) is 9.18 Å². The summed E-state index contributed by atoms with van der Waals surface area (Å²) in [5.74, 6) is 0.826. The Morgan fingerprint density at radius 2 is 1.79 bits per heavy atom. The van der Waals surface area contributed by atoms with Crippen molar-refractivity contribution < 1.29 is 18.1 Å². The minimum Gasteiger partial charge on any atom is -0.467 e. The lowest BCUT2D eigenvalue weighted by Crippen LogP contribution is -2.34. The Morgan fingerprint density at radius 3 is 2.52 bits per heavy atom. The number of carbonyl (C=O) groups excluding carboxylic acids is 1. The molecule has 7 heteroatoms. The Bertz CT molecular complexity index is 1060. The second-order valence-corrected chi connectivity index (χ2v) is 6.42. The van der Waals surface area contributed by atoms with Crippen LogP contribution in [0.5, 0.6) is 0 Å². The number of anilines is 1. The summed E-state index contributed by atoms with van der Waals surface area (Å²) < 4.78 is 23.9. The van der Waals surface area contributed by atoms with Gasteiger partial charge in [-0.2, -0.15) is 0 Å². The number of para-hydroxylation sites is 1. The highest BCUT2D eigenvalue weighted by Crippen LogP contribution is 2.22. The number of nitrogens with zero attached hydrogens (tertiary/aromatic N) is 2. The molecule has 2 amide bonds. The smallest absolute Gasteiger partial charge is 0.322 e. The van der Waals surface area contributed by atoms with Crippen LogP contribution in [0.1, 0.15) is 11.5 Å². The summed E-state index contributed by atoms with van der Waals surface area (Å²) in [6, 6.07) is 20.1. The average Bonchev–Trinajstić information content (AvgIpc) is 3.41. The summed E-state index contributed by atoms with van der Waals surface area (Å²) in [7, 11) is 0. The van der Waals surface area contributed by atoms with E-state index in [2.05, 4.69) is 10.5 Å². The lowest BCUT2D eigenvalue weighted by atomic mass is 10.1. The molecular formula is C22H18FN3O3. The fraction of sp³-hybridized carbons (Fsp3) is 0.0909. The summed E-state index contributed by atoms with van der Waals surface area (Å²) in [6.45, 7) is 0.481. The van der Waals surface area contributed by atoms with Crippen LogP contribution in [0.15, 0.2) is 88.0 Å². The zero-order valence-electron chi connectivity index (χ0n) is 15.4.